The average molecular weight is 493 g/mol. The number of halogens is 1. The van der Waals surface area contributed by atoms with Crippen LogP contribution >= 0.6 is 27.7 Å². The van der Waals surface area contributed by atoms with E-state index in [-0.39, 0.29) is 17.1 Å². The average Bonchev–Trinajstić information content (AvgIpc) is 2.96. The molecular weight excluding hydrogens is 476 g/mol. The zero-order valence-corrected chi connectivity index (χ0v) is 18.5. The maximum atomic E-state index is 12.8. The van der Waals surface area contributed by atoms with Crippen LogP contribution in [-0.2, 0) is 11.3 Å². The van der Waals surface area contributed by atoms with Crippen molar-refractivity contribution in [1.82, 2.24) is 4.90 Å². The highest BCUT2D eigenvalue weighted by Crippen LogP contribution is 2.39. The van der Waals surface area contributed by atoms with Crippen molar-refractivity contribution >= 4 is 50.6 Å². The second-order valence-corrected chi connectivity index (χ2v) is 8.01. The van der Waals surface area contributed by atoms with E-state index >= 15 is 0 Å². The lowest BCUT2D eigenvalue weighted by Gasteiger charge is -2.13. The molecule has 30 heavy (non-hydrogen) atoms. The number of hydrogen-bond acceptors (Lipinski definition) is 7. The molecule has 2 aromatic rings. The number of non-ortho nitro benzene ring substituents is 1. The van der Waals surface area contributed by atoms with Gasteiger partial charge >= 0.3 is 0 Å². The van der Waals surface area contributed by atoms with E-state index in [4.69, 9.17) is 9.47 Å². The molecule has 0 N–H and O–H groups in total. The Morgan fingerprint density at radius 1 is 1.23 bits per heavy atom. The predicted octanol–water partition coefficient (Wildman–Crippen LogP) is 5.00. The van der Waals surface area contributed by atoms with E-state index < -0.39 is 16.1 Å². The van der Waals surface area contributed by atoms with Crippen molar-refractivity contribution in [2.75, 3.05) is 13.7 Å². The molecule has 1 heterocycles. The molecule has 1 fully saturated rings. The molecule has 0 radical (unpaired) electrons. The molecule has 0 aromatic heterocycles. The molecule has 0 atom stereocenters. The fourth-order valence-corrected chi connectivity index (χ4v) is 4.29. The van der Waals surface area contributed by atoms with Gasteiger partial charge in [-0.15, -0.1) is 0 Å². The number of nitro groups is 1. The predicted molar refractivity (Wildman–Crippen MR) is 116 cm³/mol. The Kier molecular flexibility index (Phi) is 6.78. The summed E-state index contributed by atoms with van der Waals surface area (Å²) in [6.45, 7) is 2.33. The number of benzene rings is 2. The van der Waals surface area contributed by atoms with Crippen LogP contribution in [0.5, 0.6) is 11.5 Å². The summed E-state index contributed by atoms with van der Waals surface area (Å²) in [5.74, 6) is 0.638. The van der Waals surface area contributed by atoms with Crippen LogP contribution in [0.3, 0.4) is 0 Å². The highest BCUT2D eigenvalue weighted by atomic mass is 79.9. The SMILES string of the molecule is CCOc1cc(/C=C2\SC(=O)N(Cc3ccc([N+](=O)[O-])cc3)C2=O)cc(Br)c1OC. The number of carbonyl (C=O) groups excluding carboxylic acids is 2. The number of methoxy groups -OCH3 is 1. The lowest BCUT2D eigenvalue weighted by molar-refractivity contribution is -0.384. The van der Waals surface area contributed by atoms with Gasteiger partial charge in [0.15, 0.2) is 11.5 Å². The maximum absolute atomic E-state index is 12.8. The van der Waals surface area contributed by atoms with Gasteiger partial charge in [-0.3, -0.25) is 24.6 Å². The number of rotatable bonds is 7. The first-order valence-electron chi connectivity index (χ1n) is 8.83. The number of nitrogens with zero attached hydrogens (tertiary/aromatic N) is 2. The van der Waals surface area contributed by atoms with E-state index in [1.807, 2.05) is 6.92 Å². The standard InChI is InChI=1S/C20H17BrN2O6S/c1-3-29-16-9-13(8-15(21)18(16)28-2)10-17-19(24)22(20(25)30-17)11-12-4-6-14(7-5-12)23(26)27/h4-10H,3,11H2,1-2H3/b17-10-. The van der Waals surface area contributed by atoms with Crippen LogP contribution in [0, 0.1) is 10.1 Å². The molecule has 10 heteroatoms. The van der Waals surface area contributed by atoms with Gasteiger partial charge in [0.1, 0.15) is 0 Å². The minimum atomic E-state index is -0.504. The zero-order chi connectivity index (χ0) is 21.8. The molecule has 2 amide bonds. The Morgan fingerprint density at radius 3 is 2.53 bits per heavy atom. The van der Waals surface area contributed by atoms with Crippen molar-refractivity contribution in [3.63, 3.8) is 0 Å². The first-order valence-corrected chi connectivity index (χ1v) is 10.4. The molecule has 0 unspecified atom stereocenters. The van der Waals surface area contributed by atoms with Crippen LogP contribution in [-0.4, -0.2) is 34.7 Å². The van der Waals surface area contributed by atoms with Crippen molar-refractivity contribution in [2.24, 2.45) is 0 Å². The fraction of sp³-hybridized carbons (Fsp3) is 0.200. The van der Waals surface area contributed by atoms with Crippen LogP contribution in [0.1, 0.15) is 18.1 Å². The van der Waals surface area contributed by atoms with Crippen molar-refractivity contribution in [3.05, 3.63) is 67.0 Å². The van der Waals surface area contributed by atoms with Crippen molar-refractivity contribution in [1.29, 1.82) is 0 Å². The van der Waals surface area contributed by atoms with Crippen LogP contribution in [0.25, 0.3) is 6.08 Å². The summed E-state index contributed by atoms with van der Waals surface area (Å²) >= 11 is 4.27. The zero-order valence-electron chi connectivity index (χ0n) is 16.1. The minimum absolute atomic E-state index is 0.0382. The van der Waals surface area contributed by atoms with E-state index in [1.54, 1.807) is 18.2 Å². The van der Waals surface area contributed by atoms with Gasteiger partial charge in [0, 0.05) is 12.1 Å². The largest absolute Gasteiger partial charge is 0.492 e. The maximum Gasteiger partial charge on any atom is 0.293 e. The second kappa shape index (κ2) is 9.31. The van der Waals surface area contributed by atoms with E-state index in [9.17, 15) is 19.7 Å². The van der Waals surface area contributed by atoms with E-state index in [1.165, 1.54) is 31.4 Å². The number of hydrogen-bond donors (Lipinski definition) is 0. The smallest absolute Gasteiger partial charge is 0.293 e. The van der Waals surface area contributed by atoms with Crippen molar-refractivity contribution in [3.8, 4) is 11.5 Å². The summed E-state index contributed by atoms with van der Waals surface area (Å²) in [6.07, 6.45) is 1.62. The Morgan fingerprint density at radius 2 is 1.93 bits per heavy atom. The number of nitro benzene ring substituents is 1. The number of ether oxygens (including phenoxy) is 2. The highest BCUT2D eigenvalue weighted by Gasteiger charge is 2.35. The van der Waals surface area contributed by atoms with E-state index in [0.29, 0.717) is 33.7 Å². The lowest BCUT2D eigenvalue weighted by Crippen LogP contribution is -2.27. The summed E-state index contributed by atoms with van der Waals surface area (Å²) < 4.78 is 11.6. The monoisotopic (exact) mass is 492 g/mol. The summed E-state index contributed by atoms with van der Waals surface area (Å²) in [5, 5.41) is 10.4. The molecule has 1 aliphatic rings. The number of thioether (sulfide) groups is 1. The van der Waals surface area contributed by atoms with Crippen molar-refractivity contribution < 1.29 is 24.0 Å². The molecule has 1 aliphatic heterocycles. The molecule has 1 saturated heterocycles. The number of carbonyl (C=O) groups is 2. The highest BCUT2D eigenvalue weighted by molar-refractivity contribution is 9.10. The third-order valence-corrected chi connectivity index (χ3v) is 5.69. The van der Waals surface area contributed by atoms with Gasteiger partial charge in [-0.05, 0) is 64.0 Å². The van der Waals surface area contributed by atoms with E-state index in [2.05, 4.69) is 15.9 Å². The van der Waals surface area contributed by atoms with Crippen LogP contribution in [0.4, 0.5) is 10.5 Å². The topological polar surface area (TPSA) is 99.0 Å². The van der Waals surface area contributed by atoms with Gasteiger partial charge in [0.25, 0.3) is 16.8 Å². The van der Waals surface area contributed by atoms with Crippen molar-refractivity contribution in [2.45, 2.75) is 13.5 Å². The van der Waals surface area contributed by atoms with Gasteiger partial charge in [-0.2, -0.15) is 0 Å². The van der Waals surface area contributed by atoms with Gasteiger partial charge in [0.05, 0.1) is 34.6 Å². The molecule has 2 aromatic carbocycles. The number of imide groups is 1. The quantitative estimate of drug-likeness (QED) is 0.304. The second-order valence-electron chi connectivity index (χ2n) is 6.16. The van der Waals surface area contributed by atoms with Gasteiger partial charge in [-0.25, -0.2) is 0 Å². The van der Waals surface area contributed by atoms with Gasteiger partial charge in [-0.1, -0.05) is 12.1 Å². The normalized spacial score (nSPS) is 15.0. The summed E-state index contributed by atoms with van der Waals surface area (Å²) in [4.78, 5) is 36.8. The van der Waals surface area contributed by atoms with Gasteiger partial charge < -0.3 is 9.47 Å². The Hall–Kier alpha value is -2.85. The van der Waals surface area contributed by atoms with Gasteiger partial charge in [0.2, 0.25) is 0 Å². The Labute approximate surface area is 185 Å². The first-order chi connectivity index (χ1) is 14.3. The molecule has 0 aliphatic carbocycles. The molecular formula is C20H17BrN2O6S. The third-order valence-electron chi connectivity index (χ3n) is 4.20. The summed E-state index contributed by atoms with van der Waals surface area (Å²) in [7, 11) is 1.53. The van der Waals surface area contributed by atoms with Crippen LogP contribution < -0.4 is 9.47 Å². The number of amides is 2. The fourth-order valence-electron chi connectivity index (χ4n) is 2.83. The lowest BCUT2D eigenvalue weighted by atomic mass is 10.1. The molecule has 0 spiro atoms. The minimum Gasteiger partial charge on any atom is -0.492 e. The molecule has 0 saturated carbocycles. The summed E-state index contributed by atoms with van der Waals surface area (Å²) in [5.41, 5.74) is 1.24. The van der Waals surface area contributed by atoms with Crippen LogP contribution in [0.15, 0.2) is 45.8 Å². The molecule has 8 nitrogen and oxygen atoms in total. The summed E-state index contributed by atoms with van der Waals surface area (Å²) in [6, 6.07) is 9.24. The molecule has 0 bridgehead atoms. The van der Waals surface area contributed by atoms with E-state index in [0.717, 1.165) is 16.7 Å². The molecule has 156 valence electrons. The van der Waals surface area contributed by atoms with Crippen LogP contribution in [0.2, 0.25) is 0 Å². The Bertz CT molecular complexity index is 1040. The third kappa shape index (κ3) is 4.65. The molecule has 3 rings (SSSR count). The first kappa shape index (κ1) is 21.8. The Balaban J connectivity index is 1.83.